The lowest BCUT2D eigenvalue weighted by Gasteiger charge is -2.25. The molecule has 2 fully saturated rings. The van der Waals surface area contributed by atoms with Crippen LogP contribution < -0.4 is 5.32 Å². The van der Waals surface area contributed by atoms with Crippen molar-refractivity contribution in [3.8, 4) is 0 Å². The van der Waals surface area contributed by atoms with Crippen LogP contribution in [0.25, 0.3) is 0 Å². The van der Waals surface area contributed by atoms with Crippen molar-refractivity contribution in [1.82, 2.24) is 20.0 Å². The minimum Gasteiger partial charge on any atom is -0.320 e. The molecular weight excluding hydrogens is 311 g/mol. The average Bonchev–Trinajstić information content (AvgIpc) is 3.24. The molecule has 2 atom stereocenters. The number of rotatable bonds is 4. The number of carbonyl (C=O) groups excluding carboxylic acids is 2. The molecule has 3 amide bonds. The Kier molecular flexibility index (Phi) is 3.37. The number of aromatic nitrogens is 2. The lowest BCUT2D eigenvalue weighted by Crippen LogP contribution is -2.36. The zero-order valence-electron chi connectivity index (χ0n) is 13.1. The van der Waals surface area contributed by atoms with Crippen molar-refractivity contribution in [3.63, 3.8) is 0 Å². The number of imide groups is 1. The molecule has 1 saturated heterocycles. The van der Waals surface area contributed by atoms with E-state index in [-0.39, 0.29) is 23.7 Å². The van der Waals surface area contributed by atoms with Crippen LogP contribution in [0.5, 0.6) is 0 Å². The van der Waals surface area contributed by atoms with Gasteiger partial charge in [-0.25, -0.2) is 9.18 Å². The summed E-state index contributed by atoms with van der Waals surface area (Å²) >= 11 is 0. The van der Waals surface area contributed by atoms with Crippen LogP contribution in [0.3, 0.4) is 0 Å². The molecule has 124 valence electrons. The van der Waals surface area contributed by atoms with E-state index in [2.05, 4.69) is 10.4 Å². The second kappa shape index (κ2) is 5.43. The van der Waals surface area contributed by atoms with Crippen LogP contribution in [0.15, 0.2) is 36.5 Å². The largest absolute Gasteiger partial charge is 0.325 e. The van der Waals surface area contributed by atoms with E-state index in [1.807, 2.05) is 0 Å². The lowest BCUT2D eigenvalue weighted by atomic mass is 10.0. The van der Waals surface area contributed by atoms with Crippen LogP contribution in [-0.2, 0) is 11.8 Å². The standard InChI is InChI=1S/C17H17FN4O2/c1-21-9-8-13(20-21)14-16(23)22(17(24)19-14)15(10-2-3-10)11-4-6-12(18)7-5-11/h4-10,14-15H,2-3H2,1H3,(H,19,24)/t14-,15+/m1/s1. The summed E-state index contributed by atoms with van der Waals surface area (Å²) in [7, 11) is 1.76. The van der Waals surface area contributed by atoms with Crippen molar-refractivity contribution in [3.05, 3.63) is 53.6 Å². The van der Waals surface area contributed by atoms with E-state index in [4.69, 9.17) is 0 Å². The highest BCUT2D eigenvalue weighted by Crippen LogP contribution is 2.46. The number of amides is 3. The Morgan fingerprint density at radius 3 is 2.50 bits per heavy atom. The van der Waals surface area contributed by atoms with E-state index in [0.717, 1.165) is 18.4 Å². The molecule has 1 N–H and O–H groups in total. The van der Waals surface area contributed by atoms with Gasteiger partial charge >= 0.3 is 6.03 Å². The van der Waals surface area contributed by atoms with Crippen molar-refractivity contribution < 1.29 is 14.0 Å². The van der Waals surface area contributed by atoms with Crippen molar-refractivity contribution in [2.45, 2.75) is 24.9 Å². The SMILES string of the molecule is Cn1ccc([C@H]2NC(=O)N([C@H](c3ccc(F)cc3)C3CC3)C2=O)n1. The first-order valence-electron chi connectivity index (χ1n) is 7.93. The van der Waals surface area contributed by atoms with Crippen LogP contribution in [-0.4, -0.2) is 26.6 Å². The maximum Gasteiger partial charge on any atom is 0.325 e. The van der Waals surface area contributed by atoms with Crippen LogP contribution in [0, 0.1) is 11.7 Å². The van der Waals surface area contributed by atoms with E-state index in [0.29, 0.717) is 5.69 Å². The summed E-state index contributed by atoms with van der Waals surface area (Å²) in [5.41, 5.74) is 1.30. The number of hydrogen-bond donors (Lipinski definition) is 1. The van der Waals surface area contributed by atoms with Gasteiger partial charge in [0.15, 0.2) is 6.04 Å². The molecule has 0 unspecified atom stereocenters. The van der Waals surface area contributed by atoms with Crippen molar-refractivity contribution in [1.29, 1.82) is 0 Å². The van der Waals surface area contributed by atoms with Gasteiger partial charge in [-0.1, -0.05) is 12.1 Å². The maximum atomic E-state index is 13.2. The monoisotopic (exact) mass is 328 g/mol. The number of nitrogens with one attached hydrogen (secondary N) is 1. The molecule has 1 aromatic carbocycles. The molecule has 4 rings (SSSR count). The summed E-state index contributed by atoms with van der Waals surface area (Å²) in [6, 6.07) is 6.19. The molecule has 0 radical (unpaired) electrons. The Bertz CT molecular complexity index is 797. The molecule has 2 aromatic rings. The fourth-order valence-corrected chi connectivity index (χ4v) is 3.25. The highest BCUT2D eigenvalue weighted by Gasteiger charge is 2.48. The molecule has 2 aliphatic rings. The lowest BCUT2D eigenvalue weighted by molar-refractivity contribution is -0.129. The van der Waals surface area contributed by atoms with Gasteiger partial charge in [0.1, 0.15) is 5.82 Å². The molecule has 1 aromatic heterocycles. The van der Waals surface area contributed by atoms with Crippen molar-refractivity contribution in [2.75, 3.05) is 0 Å². The Hall–Kier alpha value is -2.70. The van der Waals surface area contributed by atoms with Crippen LogP contribution >= 0.6 is 0 Å². The molecule has 1 saturated carbocycles. The molecule has 24 heavy (non-hydrogen) atoms. The quantitative estimate of drug-likeness (QED) is 0.876. The van der Waals surface area contributed by atoms with Crippen molar-refractivity contribution in [2.24, 2.45) is 13.0 Å². The molecule has 7 heteroatoms. The molecular formula is C17H17FN4O2. The van der Waals surface area contributed by atoms with Gasteiger partial charge in [-0.2, -0.15) is 5.10 Å². The molecule has 0 spiro atoms. The third kappa shape index (κ3) is 2.46. The van der Waals surface area contributed by atoms with Gasteiger partial charge in [-0.05, 0) is 42.5 Å². The molecule has 1 aliphatic heterocycles. The fraction of sp³-hybridized carbons (Fsp3) is 0.353. The molecule has 6 nitrogen and oxygen atoms in total. The van der Waals surface area contributed by atoms with Gasteiger partial charge in [-0.3, -0.25) is 14.4 Å². The number of nitrogens with zero attached hydrogens (tertiary/aromatic N) is 3. The van der Waals surface area contributed by atoms with Crippen LogP contribution in [0.2, 0.25) is 0 Å². The van der Waals surface area contributed by atoms with Gasteiger partial charge in [0.25, 0.3) is 5.91 Å². The van der Waals surface area contributed by atoms with Gasteiger partial charge in [0.05, 0.1) is 11.7 Å². The maximum absolute atomic E-state index is 13.2. The summed E-state index contributed by atoms with van der Waals surface area (Å²) in [4.78, 5) is 26.6. The van der Waals surface area contributed by atoms with Crippen LogP contribution in [0.1, 0.15) is 36.2 Å². The predicted molar refractivity (Wildman–Crippen MR) is 83.2 cm³/mol. The van der Waals surface area contributed by atoms with E-state index >= 15 is 0 Å². The molecule has 2 heterocycles. The third-order valence-electron chi connectivity index (χ3n) is 4.56. The zero-order chi connectivity index (χ0) is 16.8. The highest BCUT2D eigenvalue weighted by molar-refractivity contribution is 6.04. The number of halogens is 1. The third-order valence-corrected chi connectivity index (χ3v) is 4.56. The van der Waals surface area contributed by atoms with Gasteiger partial charge in [0.2, 0.25) is 0 Å². The predicted octanol–water partition coefficient (Wildman–Crippen LogP) is 2.30. The Labute approximate surface area is 138 Å². The highest BCUT2D eigenvalue weighted by atomic mass is 19.1. The second-order valence-electron chi connectivity index (χ2n) is 6.34. The number of hydrogen-bond acceptors (Lipinski definition) is 3. The molecule has 0 bridgehead atoms. The fourth-order valence-electron chi connectivity index (χ4n) is 3.25. The summed E-state index contributed by atoms with van der Waals surface area (Å²) in [6.07, 6.45) is 3.64. The minimum absolute atomic E-state index is 0.229. The van der Waals surface area contributed by atoms with Crippen LogP contribution in [0.4, 0.5) is 9.18 Å². The summed E-state index contributed by atoms with van der Waals surface area (Å²) in [5, 5.41) is 6.94. The molecule has 1 aliphatic carbocycles. The normalized spacial score (nSPS) is 21.9. The Morgan fingerprint density at radius 2 is 1.92 bits per heavy atom. The second-order valence-corrected chi connectivity index (χ2v) is 6.34. The summed E-state index contributed by atoms with van der Waals surface area (Å²) in [5.74, 6) is -0.413. The first-order valence-corrected chi connectivity index (χ1v) is 7.93. The van der Waals surface area contributed by atoms with Crippen molar-refractivity contribution >= 4 is 11.9 Å². The van der Waals surface area contributed by atoms with E-state index in [1.54, 1.807) is 36.1 Å². The zero-order valence-corrected chi connectivity index (χ0v) is 13.1. The van der Waals surface area contributed by atoms with Gasteiger partial charge in [-0.15, -0.1) is 0 Å². The first-order chi connectivity index (χ1) is 11.5. The first kappa shape index (κ1) is 14.9. The smallest absolute Gasteiger partial charge is 0.320 e. The minimum atomic E-state index is -0.764. The van der Waals surface area contributed by atoms with E-state index < -0.39 is 12.1 Å². The van der Waals surface area contributed by atoms with Gasteiger partial charge in [0, 0.05) is 13.2 Å². The number of carbonyl (C=O) groups is 2. The summed E-state index contributed by atoms with van der Waals surface area (Å²) < 4.78 is 14.8. The van der Waals surface area contributed by atoms with Gasteiger partial charge < -0.3 is 5.32 Å². The Morgan fingerprint density at radius 1 is 1.21 bits per heavy atom. The Balaban J connectivity index is 1.67. The van der Waals surface area contributed by atoms with E-state index in [1.165, 1.54) is 17.0 Å². The number of benzene rings is 1. The number of aryl methyl sites for hydroxylation is 1. The number of urea groups is 1. The summed E-state index contributed by atoms with van der Waals surface area (Å²) in [6.45, 7) is 0. The van der Waals surface area contributed by atoms with E-state index in [9.17, 15) is 14.0 Å². The topological polar surface area (TPSA) is 67.2 Å². The average molecular weight is 328 g/mol.